The molecule has 2 aliphatic rings. The number of carbonyl (C=O) groups is 1. The highest BCUT2D eigenvalue weighted by atomic mass is 35.5. The highest BCUT2D eigenvalue weighted by Gasteiger charge is 2.39. The number of nitrogens with zero attached hydrogens (tertiary/aromatic N) is 3. The molecule has 1 fully saturated rings. The van der Waals surface area contributed by atoms with E-state index in [-0.39, 0.29) is 30.8 Å². The van der Waals surface area contributed by atoms with Crippen LogP contribution in [0, 0.1) is 5.92 Å². The second-order valence-electron chi connectivity index (χ2n) is 8.44. The van der Waals surface area contributed by atoms with E-state index in [1.807, 2.05) is 13.0 Å². The predicted molar refractivity (Wildman–Crippen MR) is 116 cm³/mol. The number of rotatable bonds is 4. The van der Waals surface area contributed by atoms with Crippen molar-refractivity contribution in [1.82, 2.24) is 20.2 Å². The number of urea groups is 1. The molecule has 1 aliphatic heterocycles. The second-order valence-corrected chi connectivity index (χ2v) is 9.26. The molecule has 0 bridgehead atoms. The zero-order valence-corrected chi connectivity index (χ0v) is 18.7. The normalized spacial score (nSPS) is 20.9. The van der Waals surface area contributed by atoms with Crippen LogP contribution in [0.4, 0.5) is 13.6 Å². The first-order chi connectivity index (χ1) is 14.7. The maximum atomic E-state index is 13.5. The first-order valence-corrected chi connectivity index (χ1v) is 11.2. The van der Waals surface area contributed by atoms with Crippen LogP contribution in [0.5, 0.6) is 0 Å². The Morgan fingerprint density at radius 2 is 2.16 bits per heavy atom. The Balaban J connectivity index is 1.39. The number of alkyl halides is 2. The van der Waals surface area contributed by atoms with Gasteiger partial charge in [-0.3, -0.25) is 0 Å². The molecule has 0 radical (unpaired) electrons. The number of halogens is 4. The van der Waals surface area contributed by atoms with Gasteiger partial charge in [0.25, 0.3) is 0 Å². The van der Waals surface area contributed by atoms with Crippen molar-refractivity contribution in [3.63, 3.8) is 0 Å². The van der Waals surface area contributed by atoms with Gasteiger partial charge in [0.15, 0.2) is 0 Å². The quantitative estimate of drug-likeness (QED) is 0.635. The van der Waals surface area contributed by atoms with Gasteiger partial charge in [0.1, 0.15) is 5.82 Å². The first-order valence-electron chi connectivity index (χ1n) is 10.4. The van der Waals surface area contributed by atoms with E-state index >= 15 is 0 Å². The van der Waals surface area contributed by atoms with Crippen molar-refractivity contribution in [3.05, 3.63) is 57.1 Å². The van der Waals surface area contributed by atoms with Crippen molar-refractivity contribution in [1.29, 1.82) is 0 Å². The predicted octanol–water partition coefficient (Wildman–Crippen LogP) is 5.59. The summed E-state index contributed by atoms with van der Waals surface area (Å²) in [5, 5.41) is 3.89. The van der Waals surface area contributed by atoms with Crippen molar-refractivity contribution in [3.8, 4) is 0 Å². The molecule has 0 saturated heterocycles. The number of carbonyl (C=O) groups excluding carboxylic acids is 1. The molecule has 1 aromatic carbocycles. The second kappa shape index (κ2) is 8.87. The molecule has 2 amide bonds. The van der Waals surface area contributed by atoms with Gasteiger partial charge in [-0.25, -0.2) is 23.5 Å². The zero-order valence-electron chi connectivity index (χ0n) is 17.2. The van der Waals surface area contributed by atoms with Crippen LogP contribution in [0.25, 0.3) is 0 Å². The fourth-order valence-electron chi connectivity index (χ4n) is 4.23. The Hall–Kier alpha value is -1.99. The molecular weight excluding hydrogens is 445 g/mol. The molecule has 1 aliphatic carbocycles. The van der Waals surface area contributed by atoms with Gasteiger partial charge in [-0.05, 0) is 48.9 Å². The molecule has 2 atom stereocenters. The van der Waals surface area contributed by atoms with E-state index in [4.69, 9.17) is 23.2 Å². The lowest BCUT2D eigenvalue weighted by Gasteiger charge is -2.29. The Bertz CT molecular complexity index is 988. The zero-order chi connectivity index (χ0) is 22.2. The summed E-state index contributed by atoms with van der Waals surface area (Å²) < 4.78 is 26.9. The van der Waals surface area contributed by atoms with Crippen LogP contribution < -0.4 is 5.32 Å². The van der Waals surface area contributed by atoms with Crippen LogP contribution in [0.2, 0.25) is 10.0 Å². The number of fused-ring (bicyclic) bond motifs is 1. The van der Waals surface area contributed by atoms with Crippen LogP contribution in [-0.4, -0.2) is 33.4 Å². The highest BCUT2D eigenvalue weighted by molar-refractivity contribution is 6.42. The third-order valence-corrected chi connectivity index (χ3v) is 6.78. The van der Waals surface area contributed by atoms with E-state index in [1.54, 1.807) is 23.2 Å². The van der Waals surface area contributed by atoms with Gasteiger partial charge < -0.3 is 10.2 Å². The van der Waals surface area contributed by atoms with E-state index in [9.17, 15) is 13.6 Å². The molecule has 4 rings (SSSR count). The lowest BCUT2D eigenvalue weighted by molar-refractivity contribution is 0.00501. The summed E-state index contributed by atoms with van der Waals surface area (Å²) in [5.74, 6) is -2.09. The third kappa shape index (κ3) is 5.26. The Morgan fingerprint density at radius 3 is 2.87 bits per heavy atom. The molecule has 9 heteroatoms. The van der Waals surface area contributed by atoms with Crippen LogP contribution in [0.15, 0.2) is 24.4 Å². The van der Waals surface area contributed by atoms with E-state index in [0.717, 1.165) is 16.8 Å². The molecule has 166 valence electrons. The van der Waals surface area contributed by atoms with Crippen LogP contribution in [0.1, 0.15) is 54.9 Å². The summed E-state index contributed by atoms with van der Waals surface area (Å²) in [6.07, 6.45) is 3.21. The van der Waals surface area contributed by atoms with Crippen molar-refractivity contribution >= 4 is 29.2 Å². The monoisotopic (exact) mass is 468 g/mol. The van der Waals surface area contributed by atoms with Gasteiger partial charge in [0.2, 0.25) is 5.92 Å². The number of benzene rings is 1. The summed E-state index contributed by atoms with van der Waals surface area (Å²) in [7, 11) is 0. The number of hydrogen-bond donors (Lipinski definition) is 1. The minimum atomic E-state index is -2.57. The fraction of sp³-hybridized carbons (Fsp3) is 0.500. The standard InChI is InChI=1S/C22H24Cl2F2N4O/c1-13(15-2-3-17(23)18(24)9-15)28-21(31)30-7-5-16-11-27-20(29-19(16)12-30)8-14-4-6-22(25,26)10-14/h2-3,9,11,13-14H,4-8,10,12H2,1H3,(H,28,31)/t13-,14-/m1/s1. The summed E-state index contributed by atoms with van der Waals surface area (Å²) in [6, 6.07) is 4.84. The molecule has 2 heterocycles. The van der Waals surface area contributed by atoms with Crippen molar-refractivity contribution < 1.29 is 13.6 Å². The maximum absolute atomic E-state index is 13.5. The van der Waals surface area contributed by atoms with Crippen molar-refractivity contribution in [2.24, 2.45) is 5.92 Å². The topological polar surface area (TPSA) is 58.1 Å². The first kappa shape index (κ1) is 22.2. The lowest BCUT2D eigenvalue weighted by Crippen LogP contribution is -2.44. The molecule has 31 heavy (non-hydrogen) atoms. The smallest absolute Gasteiger partial charge is 0.318 e. The van der Waals surface area contributed by atoms with E-state index in [0.29, 0.717) is 48.2 Å². The lowest BCUT2D eigenvalue weighted by atomic mass is 10.0. The summed E-state index contributed by atoms with van der Waals surface area (Å²) in [6.45, 7) is 2.81. The Labute approximate surface area is 190 Å². The number of hydrogen-bond acceptors (Lipinski definition) is 3. The van der Waals surface area contributed by atoms with Gasteiger partial charge in [-0.15, -0.1) is 0 Å². The maximum Gasteiger partial charge on any atom is 0.318 e. The third-order valence-electron chi connectivity index (χ3n) is 6.04. The van der Waals surface area contributed by atoms with Crippen LogP contribution >= 0.6 is 23.2 Å². The van der Waals surface area contributed by atoms with Crippen molar-refractivity contribution in [2.45, 2.75) is 57.5 Å². The summed E-state index contributed by atoms with van der Waals surface area (Å²) >= 11 is 12.0. The van der Waals surface area contributed by atoms with Gasteiger partial charge in [0, 0.05) is 32.0 Å². The minimum Gasteiger partial charge on any atom is -0.331 e. The number of amides is 2. The van der Waals surface area contributed by atoms with Crippen molar-refractivity contribution in [2.75, 3.05) is 6.54 Å². The summed E-state index contributed by atoms with van der Waals surface area (Å²) in [5.41, 5.74) is 2.65. The van der Waals surface area contributed by atoms with Gasteiger partial charge in [-0.2, -0.15) is 0 Å². The molecule has 1 N–H and O–H groups in total. The highest BCUT2D eigenvalue weighted by Crippen LogP contribution is 2.40. The molecule has 0 unspecified atom stereocenters. The average Bonchev–Trinajstić information content (AvgIpc) is 3.07. The van der Waals surface area contributed by atoms with E-state index in [1.165, 1.54) is 0 Å². The van der Waals surface area contributed by atoms with E-state index in [2.05, 4.69) is 15.3 Å². The number of nitrogens with one attached hydrogen (secondary N) is 1. The average molecular weight is 469 g/mol. The van der Waals surface area contributed by atoms with Gasteiger partial charge in [-0.1, -0.05) is 29.3 Å². The molecule has 2 aromatic rings. The molecular formula is C22H24Cl2F2N4O. The molecule has 1 saturated carbocycles. The SMILES string of the molecule is C[C@@H](NC(=O)N1CCc2cnc(C[C@H]3CCC(F)(F)C3)nc2C1)c1ccc(Cl)c(Cl)c1. The molecule has 5 nitrogen and oxygen atoms in total. The van der Waals surface area contributed by atoms with Crippen LogP contribution in [-0.2, 0) is 19.4 Å². The molecule has 0 spiro atoms. The van der Waals surface area contributed by atoms with E-state index < -0.39 is 5.92 Å². The number of aromatic nitrogens is 2. The Morgan fingerprint density at radius 1 is 1.35 bits per heavy atom. The van der Waals surface area contributed by atoms with Crippen LogP contribution in [0.3, 0.4) is 0 Å². The molecule has 1 aromatic heterocycles. The minimum absolute atomic E-state index is 0.0619. The van der Waals surface area contributed by atoms with Gasteiger partial charge >= 0.3 is 6.03 Å². The van der Waals surface area contributed by atoms with Gasteiger partial charge in [0.05, 0.1) is 28.3 Å². The summed E-state index contributed by atoms with van der Waals surface area (Å²) in [4.78, 5) is 23.5. The fourth-order valence-corrected chi connectivity index (χ4v) is 4.54. The largest absolute Gasteiger partial charge is 0.331 e. The Kier molecular flexibility index (Phi) is 6.35.